The van der Waals surface area contributed by atoms with Gasteiger partial charge in [0.25, 0.3) is 0 Å². The molecule has 1 amide bonds. The summed E-state index contributed by atoms with van der Waals surface area (Å²) in [5.41, 5.74) is 6.14. The molecule has 0 saturated heterocycles. The van der Waals surface area contributed by atoms with Crippen molar-refractivity contribution in [3.05, 3.63) is 11.1 Å². The second-order valence-electron chi connectivity index (χ2n) is 3.20. The molecule has 16 heavy (non-hydrogen) atoms. The second kappa shape index (κ2) is 6.06. The fourth-order valence-corrected chi connectivity index (χ4v) is 1.64. The zero-order chi connectivity index (χ0) is 12.0. The van der Waals surface area contributed by atoms with E-state index in [1.165, 1.54) is 11.3 Å². The molecule has 1 aromatic rings. The van der Waals surface area contributed by atoms with Gasteiger partial charge in [0.2, 0.25) is 5.91 Å². The van der Waals surface area contributed by atoms with E-state index in [1.54, 1.807) is 5.38 Å². The Kier molecular flexibility index (Phi) is 4.71. The van der Waals surface area contributed by atoms with Crippen LogP contribution in [0.25, 0.3) is 0 Å². The van der Waals surface area contributed by atoms with E-state index in [1.807, 2.05) is 0 Å². The number of nitrogen functional groups attached to an aromatic ring is 1. The van der Waals surface area contributed by atoms with Crippen LogP contribution in [-0.4, -0.2) is 22.0 Å². The number of hydrogen-bond donors (Lipinski definition) is 3. The highest BCUT2D eigenvalue weighted by molar-refractivity contribution is 7.13. The van der Waals surface area contributed by atoms with E-state index in [-0.39, 0.29) is 18.7 Å². The normalized spacial score (nSPS) is 10.0. The lowest BCUT2D eigenvalue weighted by atomic mass is 10.2. The van der Waals surface area contributed by atoms with Gasteiger partial charge in [-0.3, -0.25) is 9.59 Å². The minimum absolute atomic E-state index is 0.0110. The first-order chi connectivity index (χ1) is 7.58. The highest BCUT2D eigenvalue weighted by Crippen LogP contribution is 2.10. The number of anilines is 1. The standard InChI is InChI=1S/C9H13N3O3S/c10-9-12-6(5-16-9)4-11-7(13)2-1-3-8(14)15/h5H,1-4H2,(H2,10,12)(H,11,13)(H,14,15). The topological polar surface area (TPSA) is 105 Å². The van der Waals surface area contributed by atoms with Crippen LogP contribution in [0.1, 0.15) is 25.0 Å². The summed E-state index contributed by atoms with van der Waals surface area (Å²) in [4.78, 5) is 25.4. The van der Waals surface area contributed by atoms with Crippen LogP contribution < -0.4 is 11.1 Å². The average Bonchev–Trinajstić information content (AvgIpc) is 2.61. The third-order valence-electron chi connectivity index (χ3n) is 1.83. The highest BCUT2D eigenvalue weighted by atomic mass is 32.1. The largest absolute Gasteiger partial charge is 0.481 e. The van der Waals surface area contributed by atoms with Crippen molar-refractivity contribution in [3.63, 3.8) is 0 Å². The molecule has 0 aromatic carbocycles. The SMILES string of the molecule is Nc1nc(CNC(=O)CCCC(=O)O)cs1. The van der Waals surface area contributed by atoms with Crippen molar-refractivity contribution in [2.75, 3.05) is 5.73 Å². The summed E-state index contributed by atoms with van der Waals surface area (Å²) in [6, 6.07) is 0. The van der Waals surface area contributed by atoms with E-state index in [0.717, 1.165) is 0 Å². The van der Waals surface area contributed by atoms with E-state index in [0.29, 0.717) is 23.8 Å². The van der Waals surface area contributed by atoms with Gasteiger partial charge in [0.05, 0.1) is 12.2 Å². The lowest BCUT2D eigenvalue weighted by Gasteiger charge is -2.01. The molecule has 0 saturated carbocycles. The first-order valence-electron chi connectivity index (χ1n) is 4.76. The lowest BCUT2D eigenvalue weighted by molar-refractivity contribution is -0.137. The predicted octanol–water partition coefficient (Wildman–Crippen LogP) is 0.596. The fourth-order valence-electron chi connectivity index (χ4n) is 1.08. The number of carbonyl (C=O) groups is 2. The zero-order valence-corrected chi connectivity index (χ0v) is 9.42. The number of carboxylic acids is 1. The second-order valence-corrected chi connectivity index (χ2v) is 4.09. The van der Waals surface area contributed by atoms with Crippen molar-refractivity contribution in [2.24, 2.45) is 0 Å². The third-order valence-corrected chi connectivity index (χ3v) is 2.55. The summed E-state index contributed by atoms with van der Waals surface area (Å²) < 4.78 is 0. The third kappa shape index (κ3) is 4.74. The zero-order valence-electron chi connectivity index (χ0n) is 8.60. The molecule has 0 radical (unpaired) electrons. The highest BCUT2D eigenvalue weighted by Gasteiger charge is 2.05. The number of amides is 1. The molecule has 4 N–H and O–H groups in total. The van der Waals surface area contributed by atoms with Gasteiger partial charge < -0.3 is 16.2 Å². The number of carbonyl (C=O) groups excluding carboxylic acids is 1. The molecule has 1 rings (SSSR count). The van der Waals surface area contributed by atoms with Gasteiger partial charge in [-0.25, -0.2) is 4.98 Å². The Bertz CT molecular complexity index is 378. The lowest BCUT2D eigenvalue weighted by Crippen LogP contribution is -2.22. The Morgan fingerprint density at radius 2 is 2.25 bits per heavy atom. The summed E-state index contributed by atoms with van der Waals surface area (Å²) in [6.45, 7) is 0.333. The maximum Gasteiger partial charge on any atom is 0.303 e. The number of hydrogen-bond acceptors (Lipinski definition) is 5. The Morgan fingerprint density at radius 1 is 1.50 bits per heavy atom. The number of aromatic nitrogens is 1. The van der Waals surface area contributed by atoms with Crippen molar-refractivity contribution in [1.82, 2.24) is 10.3 Å². The maximum atomic E-state index is 11.2. The summed E-state index contributed by atoms with van der Waals surface area (Å²) in [5.74, 6) is -1.06. The van der Waals surface area contributed by atoms with E-state index < -0.39 is 5.97 Å². The molecule has 0 bridgehead atoms. The van der Waals surface area contributed by atoms with Crippen LogP contribution in [0.15, 0.2) is 5.38 Å². The molecule has 0 aliphatic rings. The molecule has 88 valence electrons. The summed E-state index contributed by atoms with van der Waals surface area (Å²) >= 11 is 1.32. The van der Waals surface area contributed by atoms with E-state index in [4.69, 9.17) is 10.8 Å². The van der Waals surface area contributed by atoms with Gasteiger partial charge in [0.15, 0.2) is 5.13 Å². The van der Waals surface area contributed by atoms with Crippen LogP contribution in [0.3, 0.4) is 0 Å². The number of carboxylic acid groups (broad SMARTS) is 1. The van der Waals surface area contributed by atoms with Gasteiger partial charge in [-0.1, -0.05) is 0 Å². The van der Waals surface area contributed by atoms with Gasteiger partial charge in [-0.2, -0.15) is 0 Å². The van der Waals surface area contributed by atoms with E-state index in [2.05, 4.69) is 10.3 Å². The van der Waals surface area contributed by atoms with Crippen molar-refractivity contribution in [3.8, 4) is 0 Å². The molecule has 1 aromatic heterocycles. The van der Waals surface area contributed by atoms with E-state index >= 15 is 0 Å². The first kappa shape index (κ1) is 12.4. The van der Waals surface area contributed by atoms with Crippen LogP contribution in [0.4, 0.5) is 5.13 Å². The number of rotatable bonds is 6. The maximum absolute atomic E-state index is 11.2. The summed E-state index contributed by atoms with van der Waals surface area (Å²) in [6.07, 6.45) is 0.573. The van der Waals surface area contributed by atoms with Crippen LogP contribution in [0.2, 0.25) is 0 Å². The molecule has 0 aliphatic carbocycles. The minimum Gasteiger partial charge on any atom is -0.481 e. The molecule has 0 aliphatic heterocycles. The Labute approximate surface area is 96.5 Å². The van der Waals surface area contributed by atoms with Gasteiger partial charge in [-0.05, 0) is 6.42 Å². The summed E-state index contributed by atoms with van der Waals surface area (Å²) in [5, 5.41) is 13.3. The number of aliphatic carboxylic acids is 1. The molecule has 0 spiro atoms. The molecular formula is C9H13N3O3S. The predicted molar refractivity (Wildman–Crippen MR) is 59.9 cm³/mol. The summed E-state index contributed by atoms with van der Waals surface area (Å²) in [7, 11) is 0. The molecular weight excluding hydrogens is 230 g/mol. The van der Waals surface area contributed by atoms with Crippen LogP contribution in [-0.2, 0) is 16.1 Å². The smallest absolute Gasteiger partial charge is 0.303 e. The molecule has 0 unspecified atom stereocenters. The van der Waals surface area contributed by atoms with E-state index in [9.17, 15) is 9.59 Å². The van der Waals surface area contributed by atoms with Crippen LogP contribution in [0, 0.1) is 0 Å². The van der Waals surface area contributed by atoms with Crippen molar-refractivity contribution in [2.45, 2.75) is 25.8 Å². The van der Waals surface area contributed by atoms with Crippen LogP contribution in [0.5, 0.6) is 0 Å². The quantitative estimate of drug-likeness (QED) is 0.678. The number of nitrogens with two attached hydrogens (primary N) is 1. The number of nitrogens with zero attached hydrogens (tertiary/aromatic N) is 1. The van der Waals surface area contributed by atoms with Gasteiger partial charge in [-0.15, -0.1) is 11.3 Å². The Hall–Kier alpha value is -1.63. The number of nitrogens with one attached hydrogen (secondary N) is 1. The Morgan fingerprint density at radius 3 is 2.81 bits per heavy atom. The van der Waals surface area contributed by atoms with Gasteiger partial charge in [0.1, 0.15) is 0 Å². The number of thiazole rings is 1. The Balaban J connectivity index is 2.17. The average molecular weight is 243 g/mol. The molecule has 0 fully saturated rings. The first-order valence-corrected chi connectivity index (χ1v) is 5.64. The van der Waals surface area contributed by atoms with Crippen LogP contribution >= 0.6 is 11.3 Å². The molecule has 0 atom stereocenters. The molecule has 1 heterocycles. The molecule has 7 heteroatoms. The molecule has 6 nitrogen and oxygen atoms in total. The van der Waals surface area contributed by atoms with Crippen molar-refractivity contribution >= 4 is 28.3 Å². The van der Waals surface area contributed by atoms with Crippen molar-refractivity contribution in [1.29, 1.82) is 0 Å². The minimum atomic E-state index is -0.889. The van der Waals surface area contributed by atoms with Crippen molar-refractivity contribution < 1.29 is 14.7 Å². The van der Waals surface area contributed by atoms with Gasteiger partial charge >= 0.3 is 5.97 Å². The fraction of sp³-hybridized carbons (Fsp3) is 0.444. The van der Waals surface area contributed by atoms with Gasteiger partial charge in [0, 0.05) is 18.2 Å². The monoisotopic (exact) mass is 243 g/mol.